The molecule has 0 N–H and O–H groups in total. The van der Waals surface area contributed by atoms with Crippen LogP contribution < -0.4 is 5.56 Å². The summed E-state index contributed by atoms with van der Waals surface area (Å²) in [5.41, 5.74) is 0.131. The van der Waals surface area contributed by atoms with E-state index in [0.717, 1.165) is 25.8 Å². The van der Waals surface area contributed by atoms with Gasteiger partial charge in [0.05, 0.1) is 22.6 Å². The third-order valence-corrected chi connectivity index (χ3v) is 5.95. The van der Waals surface area contributed by atoms with E-state index >= 15 is 0 Å². The van der Waals surface area contributed by atoms with Gasteiger partial charge < -0.3 is 9.80 Å². The molecule has 7 nitrogen and oxygen atoms in total. The average molecular weight is 368 g/mol. The maximum absolute atomic E-state index is 12.7. The molecule has 2 aliphatic heterocycles. The molecule has 2 saturated heterocycles. The fourth-order valence-electron chi connectivity index (χ4n) is 4.37. The van der Waals surface area contributed by atoms with Crippen LogP contribution in [0.3, 0.4) is 0 Å². The summed E-state index contributed by atoms with van der Waals surface area (Å²) in [6.45, 7) is 2.21. The predicted molar refractivity (Wildman–Crippen MR) is 101 cm³/mol. The van der Waals surface area contributed by atoms with Gasteiger partial charge in [0.2, 0.25) is 11.8 Å². The van der Waals surface area contributed by atoms with E-state index in [1.807, 2.05) is 19.2 Å². The minimum Gasteiger partial charge on any atom is -0.345 e. The molecule has 1 spiro atoms. The van der Waals surface area contributed by atoms with Crippen LogP contribution in [0.4, 0.5) is 0 Å². The van der Waals surface area contributed by atoms with Crippen LogP contribution >= 0.6 is 0 Å². The number of carbonyl (C=O) groups excluding carboxylic acids is 2. The Hall–Kier alpha value is -2.70. The first kappa shape index (κ1) is 17.7. The number of aromatic nitrogens is 2. The molecule has 1 aromatic heterocycles. The lowest BCUT2D eigenvalue weighted by atomic mass is 9.78. The predicted octanol–water partition coefficient (Wildman–Crippen LogP) is 1.26. The summed E-state index contributed by atoms with van der Waals surface area (Å²) < 4.78 is 1.49. The lowest BCUT2D eigenvalue weighted by molar-refractivity contribution is -0.144. The van der Waals surface area contributed by atoms with E-state index in [2.05, 4.69) is 4.98 Å². The van der Waals surface area contributed by atoms with E-state index in [1.54, 1.807) is 21.9 Å². The molecule has 7 heteroatoms. The lowest BCUT2D eigenvalue weighted by Gasteiger charge is -2.37. The Morgan fingerprint density at radius 3 is 2.85 bits per heavy atom. The van der Waals surface area contributed by atoms with Crippen molar-refractivity contribution in [3.8, 4) is 0 Å². The number of hydrogen-bond donors (Lipinski definition) is 0. The number of benzene rings is 1. The molecule has 142 valence electrons. The maximum Gasteiger partial charge on any atom is 0.261 e. The Bertz CT molecular complexity index is 954. The quantitative estimate of drug-likeness (QED) is 0.817. The van der Waals surface area contributed by atoms with Gasteiger partial charge in [-0.15, -0.1) is 0 Å². The van der Waals surface area contributed by atoms with Crippen LogP contribution in [0.2, 0.25) is 0 Å². The summed E-state index contributed by atoms with van der Waals surface area (Å²) in [5, 5.41) is 0.559. The normalized spacial score (nSPS) is 22.8. The highest BCUT2D eigenvalue weighted by molar-refractivity contribution is 5.86. The van der Waals surface area contributed by atoms with Crippen molar-refractivity contribution < 1.29 is 9.59 Å². The number of aryl methyl sites for hydroxylation is 1. The Balaban J connectivity index is 1.43. The third kappa shape index (κ3) is 3.11. The molecule has 0 radical (unpaired) electrons. The summed E-state index contributed by atoms with van der Waals surface area (Å²) >= 11 is 0. The van der Waals surface area contributed by atoms with Gasteiger partial charge in [0.1, 0.15) is 0 Å². The molecule has 1 aromatic carbocycles. The zero-order valence-electron chi connectivity index (χ0n) is 15.6. The smallest absolute Gasteiger partial charge is 0.261 e. The number of amides is 2. The molecule has 2 aliphatic rings. The fourth-order valence-corrected chi connectivity index (χ4v) is 4.37. The van der Waals surface area contributed by atoms with Crippen molar-refractivity contribution >= 4 is 22.7 Å². The second kappa shape index (κ2) is 6.79. The fraction of sp³-hybridized carbons (Fsp3) is 0.500. The van der Waals surface area contributed by atoms with Crippen molar-refractivity contribution in [3.63, 3.8) is 0 Å². The van der Waals surface area contributed by atoms with Gasteiger partial charge in [-0.2, -0.15) is 0 Å². The van der Waals surface area contributed by atoms with Gasteiger partial charge in [-0.3, -0.25) is 19.0 Å². The molecule has 0 bridgehead atoms. The van der Waals surface area contributed by atoms with E-state index in [9.17, 15) is 14.4 Å². The van der Waals surface area contributed by atoms with Gasteiger partial charge in [-0.05, 0) is 31.4 Å². The zero-order valence-corrected chi connectivity index (χ0v) is 15.6. The molecule has 0 aliphatic carbocycles. The van der Waals surface area contributed by atoms with Crippen LogP contribution in [0, 0.1) is 5.41 Å². The molecule has 3 heterocycles. The van der Waals surface area contributed by atoms with Crippen LogP contribution in [0.1, 0.15) is 25.7 Å². The molecule has 2 amide bonds. The van der Waals surface area contributed by atoms with E-state index in [-0.39, 0.29) is 23.8 Å². The second-order valence-corrected chi connectivity index (χ2v) is 7.69. The Morgan fingerprint density at radius 2 is 2.00 bits per heavy atom. The minimum atomic E-state index is -0.399. The van der Waals surface area contributed by atoms with Crippen molar-refractivity contribution in [1.82, 2.24) is 19.4 Å². The van der Waals surface area contributed by atoms with Crippen molar-refractivity contribution in [2.24, 2.45) is 5.41 Å². The number of nitrogens with zero attached hydrogens (tertiary/aromatic N) is 4. The van der Waals surface area contributed by atoms with Gasteiger partial charge in [0.15, 0.2) is 0 Å². The first-order valence-corrected chi connectivity index (χ1v) is 9.48. The van der Waals surface area contributed by atoms with E-state index in [4.69, 9.17) is 0 Å². The molecular formula is C20H24N4O3. The van der Waals surface area contributed by atoms with Crippen LogP contribution in [0.25, 0.3) is 10.9 Å². The monoisotopic (exact) mass is 368 g/mol. The Morgan fingerprint density at radius 1 is 1.19 bits per heavy atom. The topological polar surface area (TPSA) is 75.5 Å². The molecule has 0 saturated carbocycles. The number of rotatable bonds is 3. The van der Waals surface area contributed by atoms with Gasteiger partial charge in [-0.25, -0.2) is 4.98 Å². The summed E-state index contributed by atoms with van der Waals surface area (Å²) in [4.78, 5) is 45.7. The Labute approximate surface area is 157 Å². The maximum atomic E-state index is 12.7. The minimum absolute atomic E-state index is 0.00652. The Kier molecular flexibility index (Phi) is 4.45. The van der Waals surface area contributed by atoms with E-state index < -0.39 is 5.41 Å². The van der Waals surface area contributed by atoms with E-state index in [0.29, 0.717) is 30.5 Å². The van der Waals surface area contributed by atoms with Crippen molar-refractivity contribution in [2.75, 3.05) is 26.7 Å². The SMILES string of the molecule is CN1CCC[C@@]2(CCN(C(=O)CCn3cnc4ccccc4c3=O)C2)C1=O. The molecule has 27 heavy (non-hydrogen) atoms. The molecule has 4 rings (SSSR count). The summed E-state index contributed by atoms with van der Waals surface area (Å²) in [6, 6.07) is 7.20. The molecule has 0 unspecified atom stereocenters. The highest BCUT2D eigenvalue weighted by Gasteiger charge is 2.48. The lowest BCUT2D eigenvalue weighted by Crippen LogP contribution is -2.48. The van der Waals surface area contributed by atoms with Crippen LogP contribution in [0.15, 0.2) is 35.4 Å². The number of fused-ring (bicyclic) bond motifs is 1. The van der Waals surface area contributed by atoms with Crippen molar-refractivity contribution in [2.45, 2.75) is 32.2 Å². The number of hydrogen-bond acceptors (Lipinski definition) is 4. The van der Waals surface area contributed by atoms with Gasteiger partial charge in [-0.1, -0.05) is 12.1 Å². The second-order valence-electron chi connectivity index (χ2n) is 7.69. The number of piperidine rings is 1. The first-order valence-electron chi connectivity index (χ1n) is 9.48. The number of carbonyl (C=O) groups is 2. The number of para-hydroxylation sites is 1. The van der Waals surface area contributed by atoms with Gasteiger partial charge in [0.25, 0.3) is 5.56 Å². The van der Waals surface area contributed by atoms with Gasteiger partial charge >= 0.3 is 0 Å². The third-order valence-electron chi connectivity index (χ3n) is 5.95. The molecule has 2 aromatic rings. The zero-order chi connectivity index (χ0) is 19.0. The average Bonchev–Trinajstić information content (AvgIpc) is 3.11. The van der Waals surface area contributed by atoms with Crippen molar-refractivity contribution in [1.29, 1.82) is 0 Å². The van der Waals surface area contributed by atoms with Crippen LogP contribution in [-0.2, 0) is 16.1 Å². The highest BCUT2D eigenvalue weighted by atomic mass is 16.2. The molecule has 1 atom stereocenters. The molecule has 2 fully saturated rings. The first-order chi connectivity index (χ1) is 13.0. The molecular weight excluding hydrogens is 344 g/mol. The highest BCUT2D eigenvalue weighted by Crippen LogP contribution is 2.39. The summed E-state index contributed by atoms with van der Waals surface area (Å²) in [7, 11) is 1.84. The summed E-state index contributed by atoms with van der Waals surface area (Å²) in [5.74, 6) is 0.159. The van der Waals surface area contributed by atoms with Crippen molar-refractivity contribution in [3.05, 3.63) is 40.9 Å². The van der Waals surface area contributed by atoms with Gasteiger partial charge in [0, 0.05) is 39.6 Å². The standard InChI is InChI=1S/C20H24N4O3/c1-22-10-4-8-20(19(22)27)9-12-23(13-20)17(25)7-11-24-14-21-16-6-3-2-5-15(16)18(24)26/h2-3,5-6,14H,4,7-13H2,1H3/t20-/m0/s1. The van der Waals surface area contributed by atoms with Crippen LogP contribution in [0.5, 0.6) is 0 Å². The van der Waals surface area contributed by atoms with Crippen LogP contribution in [-0.4, -0.2) is 57.8 Å². The van der Waals surface area contributed by atoms with E-state index in [1.165, 1.54) is 10.9 Å². The number of likely N-dealkylation sites (tertiary alicyclic amines) is 2. The largest absolute Gasteiger partial charge is 0.345 e. The summed E-state index contributed by atoms with van der Waals surface area (Å²) in [6.07, 6.45) is 4.32.